The lowest BCUT2D eigenvalue weighted by molar-refractivity contribution is 0.220. The van der Waals surface area contributed by atoms with E-state index in [4.69, 9.17) is 4.98 Å². The molecule has 0 atom stereocenters. The summed E-state index contributed by atoms with van der Waals surface area (Å²) in [5, 5.41) is 13.8. The third-order valence-corrected chi connectivity index (χ3v) is 5.51. The molecule has 0 aliphatic heterocycles. The van der Waals surface area contributed by atoms with Crippen LogP contribution in [0.5, 0.6) is 5.75 Å². The van der Waals surface area contributed by atoms with Gasteiger partial charge in [-0.2, -0.15) is 0 Å². The summed E-state index contributed by atoms with van der Waals surface area (Å²) in [4.78, 5) is 18.9. The van der Waals surface area contributed by atoms with Gasteiger partial charge in [0.15, 0.2) is 0 Å². The van der Waals surface area contributed by atoms with Crippen LogP contribution in [0.3, 0.4) is 0 Å². The summed E-state index contributed by atoms with van der Waals surface area (Å²) in [6.07, 6.45) is 0. The minimum absolute atomic E-state index is 0.178. The van der Waals surface area contributed by atoms with Crippen molar-refractivity contribution in [2.24, 2.45) is 0 Å². The number of aromatic nitrogens is 1. The Kier molecular flexibility index (Phi) is 4.95. The quantitative estimate of drug-likeness (QED) is 0.496. The molecule has 0 unspecified atom stereocenters. The largest absolute Gasteiger partial charge is 0.508 e. The van der Waals surface area contributed by atoms with Crippen LogP contribution in [0.1, 0.15) is 5.56 Å². The van der Waals surface area contributed by atoms with Crippen molar-refractivity contribution < 1.29 is 9.90 Å². The molecular formula is C22H19N3O2S. The molecule has 5 nitrogen and oxygen atoms in total. The number of fused-ring (bicyclic) bond motifs is 1. The maximum Gasteiger partial charge on any atom is 0.321 e. The number of nitrogens with one attached hydrogen (secondary N) is 1. The van der Waals surface area contributed by atoms with Crippen molar-refractivity contribution in [3.05, 3.63) is 78.4 Å². The van der Waals surface area contributed by atoms with Gasteiger partial charge in [-0.3, -0.25) is 0 Å². The number of thiazole rings is 1. The first kappa shape index (κ1) is 18.0. The van der Waals surface area contributed by atoms with Crippen molar-refractivity contribution in [3.8, 4) is 16.3 Å². The van der Waals surface area contributed by atoms with E-state index in [0.29, 0.717) is 17.8 Å². The normalized spacial score (nSPS) is 10.8. The highest BCUT2D eigenvalue weighted by Crippen LogP contribution is 2.34. The molecule has 4 aromatic rings. The van der Waals surface area contributed by atoms with Crippen molar-refractivity contribution in [2.45, 2.75) is 6.54 Å². The molecule has 28 heavy (non-hydrogen) atoms. The summed E-state index contributed by atoms with van der Waals surface area (Å²) in [5.74, 6) is 0.178. The summed E-state index contributed by atoms with van der Waals surface area (Å²) in [5.41, 5.74) is 3.23. The predicted molar refractivity (Wildman–Crippen MR) is 114 cm³/mol. The first-order valence-corrected chi connectivity index (χ1v) is 9.67. The lowest BCUT2D eigenvalue weighted by Crippen LogP contribution is -2.31. The van der Waals surface area contributed by atoms with Crippen LogP contribution in [0, 0.1) is 0 Å². The minimum atomic E-state index is -0.253. The maximum absolute atomic E-state index is 12.7. The number of carbonyl (C=O) groups excluding carboxylic acids is 1. The van der Waals surface area contributed by atoms with Crippen LogP contribution in [0.15, 0.2) is 72.8 Å². The highest BCUT2D eigenvalue weighted by Gasteiger charge is 2.15. The van der Waals surface area contributed by atoms with Gasteiger partial charge in [-0.1, -0.05) is 42.5 Å². The number of anilines is 1. The molecule has 0 aliphatic carbocycles. The molecule has 2 amide bonds. The second kappa shape index (κ2) is 7.70. The fourth-order valence-corrected chi connectivity index (χ4v) is 3.95. The molecule has 6 heteroatoms. The Hall–Kier alpha value is -3.38. The Morgan fingerprint density at radius 2 is 1.75 bits per heavy atom. The summed E-state index contributed by atoms with van der Waals surface area (Å²) in [7, 11) is 1.70. The molecule has 1 aromatic heterocycles. The Bertz CT molecular complexity index is 1110. The number of nitrogens with zero attached hydrogens (tertiary/aromatic N) is 2. The van der Waals surface area contributed by atoms with Gasteiger partial charge in [-0.25, -0.2) is 9.78 Å². The number of hydrogen-bond donors (Lipinski definition) is 2. The van der Waals surface area contributed by atoms with Gasteiger partial charge in [0, 0.05) is 18.2 Å². The molecule has 2 N–H and O–H groups in total. The van der Waals surface area contributed by atoms with Crippen LogP contribution in [0.25, 0.3) is 20.8 Å². The van der Waals surface area contributed by atoms with Crippen LogP contribution in [-0.2, 0) is 6.54 Å². The topological polar surface area (TPSA) is 65.5 Å². The average molecular weight is 389 g/mol. The van der Waals surface area contributed by atoms with Crippen LogP contribution < -0.4 is 5.32 Å². The van der Waals surface area contributed by atoms with Crippen molar-refractivity contribution in [2.75, 3.05) is 12.4 Å². The van der Waals surface area contributed by atoms with Crippen molar-refractivity contribution in [1.29, 1.82) is 0 Å². The number of benzene rings is 3. The zero-order chi connectivity index (χ0) is 19.5. The van der Waals surface area contributed by atoms with Gasteiger partial charge in [0.05, 0.1) is 22.4 Å². The van der Waals surface area contributed by atoms with Crippen molar-refractivity contribution in [1.82, 2.24) is 9.88 Å². The molecule has 0 bridgehead atoms. The third kappa shape index (κ3) is 3.68. The molecule has 0 fully saturated rings. The van der Waals surface area contributed by atoms with E-state index in [1.54, 1.807) is 36.6 Å². The predicted octanol–water partition coefficient (Wildman–Crippen LogP) is 5.33. The number of hydrogen-bond acceptors (Lipinski definition) is 4. The van der Waals surface area contributed by atoms with Gasteiger partial charge in [0.1, 0.15) is 10.8 Å². The van der Waals surface area contributed by atoms with Crippen LogP contribution in [0.4, 0.5) is 10.5 Å². The zero-order valence-electron chi connectivity index (χ0n) is 15.3. The van der Waals surface area contributed by atoms with Gasteiger partial charge in [-0.15, -0.1) is 11.3 Å². The SMILES string of the molecule is CN(Cc1ccccc1O)C(=O)Nc1ccccc1-c1nc2ccccc2s1. The smallest absolute Gasteiger partial charge is 0.321 e. The molecule has 0 saturated heterocycles. The summed E-state index contributed by atoms with van der Waals surface area (Å²) in [6, 6.07) is 22.4. The lowest BCUT2D eigenvalue weighted by atomic mass is 10.2. The van der Waals surface area contributed by atoms with Gasteiger partial charge >= 0.3 is 6.03 Å². The highest BCUT2D eigenvalue weighted by atomic mass is 32.1. The highest BCUT2D eigenvalue weighted by molar-refractivity contribution is 7.21. The average Bonchev–Trinajstić information content (AvgIpc) is 3.14. The fourth-order valence-electron chi connectivity index (χ4n) is 2.95. The first-order valence-electron chi connectivity index (χ1n) is 8.86. The second-order valence-corrected chi connectivity index (χ2v) is 7.48. The molecule has 0 radical (unpaired) electrons. The number of phenols is 1. The monoisotopic (exact) mass is 389 g/mol. The summed E-state index contributed by atoms with van der Waals surface area (Å²) in [6.45, 7) is 0.307. The van der Waals surface area contributed by atoms with Crippen LogP contribution in [-0.4, -0.2) is 28.1 Å². The number of rotatable bonds is 4. The van der Waals surface area contributed by atoms with E-state index in [2.05, 4.69) is 5.32 Å². The Balaban J connectivity index is 1.56. The molecule has 0 aliphatic rings. The summed E-state index contributed by atoms with van der Waals surface area (Å²) < 4.78 is 1.11. The molecule has 4 rings (SSSR count). The number of phenolic OH excluding ortho intramolecular Hbond substituents is 1. The van der Waals surface area contributed by atoms with E-state index in [1.165, 1.54) is 4.90 Å². The van der Waals surface area contributed by atoms with Crippen molar-refractivity contribution >= 4 is 33.3 Å². The zero-order valence-corrected chi connectivity index (χ0v) is 16.1. The van der Waals surface area contributed by atoms with E-state index in [-0.39, 0.29) is 11.8 Å². The molecule has 140 valence electrons. The Morgan fingerprint density at radius 1 is 1.04 bits per heavy atom. The Labute approximate surface area is 166 Å². The van der Waals surface area contributed by atoms with E-state index >= 15 is 0 Å². The van der Waals surface area contributed by atoms with Gasteiger partial charge in [0.2, 0.25) is 0 Å². The molecule has 0 saturated carbocycles. The molecular weight excluding hydrogens is 370 g/mol. The standard InChI is InChI=1S/C22H19N3O2S/c1-25(14-15-8-2-6-12-19(15)26)22(27)24-17-10-4-3-9-16(17)21-23-18-11-5-7-13-20(18)28-21/h2-13,26H,14H2,1H3,(H,24,27). The Morgan fingerprint density at radius 3 is 2.57 bits per heavy atom. The molecule has 1 heterocycles. The number of amides is 2. The maximum atomic E-state index is 12.7. The van der Waals surface area contributed by atoms with Gasteiger partial charge in [-0.05, 0) is 30.3 Å². The van der Waals surface area contributed by atoms with Gasteiger partial charge < -0.3 is 15.3 Å². The summed E-state index contributed by atoms with van der Waals surface area (Å²) >= 11 is 1.60. The van der Waals surface area contributed by atoms with E-state index in [9.17, 15) is 9.90 Å². The lowest BCUT2D eigenvalue weighted by Gasteiger charge is -2.19. The van der Waals surface area contributed by atoms with E-state index < -0.39 is 0 Å². The number of aromatic hydroxyl groups is 1. The minimum Gasteiger partial charge on any atom is -0.508 e. The number of para-hydroxylation sites is 3. The second-order valence-electron chi connectivity index (χ2n) is 6.45. The number of carbonyl (C=O) groups is 1. The molecule has 3 aromatic carbocycles. The fraction of sp³-hybridized carbons (Fsp3) is 0.0909. The van der Waals surface area contributed by atoms with Crippen molar-refractivity contribution in [3.63, 3.8) is 0 Å². The number of urea groups is 1. The third-order valence-electron chi connectivity index (χ3n) is 4.44. The van der Waals surface area contributed by atoms with E-state index in [0.717, 1.165) is 20.8 Å². The van der Waals surface area contributed by atoms with Crippen LogP contribution >= 0.6 is 11.3 Å². The van der Waals surface area contributed by atoms with Crippen LogP contribution in [0.2, 0.25) is 0 Å². The first-order chi connectivity index (χ1) is 13.6. The van der Waals surface area contributed by atoms with E-state index in [1.807, 2.05) is 54.6 Å². The van der Waals surface area contributed by atoms with Gasteiger partial charge in [0.25, 0.3) is 0 Å². The molecule has 0 spiro atoms.